The van der Waals surface area contributed by atoms with Gasteiger partial charge in [-0.15, -0.1) is 11.3 Å². The summed E-state index contributed by atoms with van der Waals surface area (Å²) in [6.45, 7) is 5.54. The number of H-pyrrole nitrogens is 1. The SMILES string of the molecule is CC(C)(C)C(=O)/C=c1\[nH]c(=O)/c(=C/c2cc3ccccc3o2)s1. The number of thiazole rings is 1. The number of aromatic amines is 1. The number of nitrogens with one attached hydrogen (secondary N) is 1. The molecule has 23 heavy (non-hydrogen) atoms. The molecule has 5 heteroatoms. The summed E-state index contributed by atoms with van der Waals surface area (Å²) in [6.07, 6.45) is 3.18. The summed E-state index contributed by atoms with van der Waals surface area (Å²) in [4.78, 5) is 26.8. The highest BCUT2D eigenvalue weighted by Crippen LogP contribution is 2.19. The Morgan fingerprint density at radius 2 is 2.00 bits per heavy atom. The molecule has 0 radical (unpaired) electrons. The normalized spacial score (nSPS) is 13.9. The molecular formula is C18H17NO3S. The van der Waals surface area contributed by atoms with Crippen LogP contribution in [0.2, 0.25) is 0 Å². The van der Waals surface area contributed by atoms with E-state index in [1.54, 1.807) is 6.08 Å². The Morgan fingerprint density at radius 1 is 1.26 bits per heavy atom. The molecule has 0 saturated carbocycles. The lowest BCUT2D eigenvalue weighted by Crippen LogP contribution is -2.22. The number of aromatic nitrogens is 1. The van der Waals surface area contributed by atoms with Gasteiger partial charge in [-0.25, -0.2) is 0 Å². The summed E-state index contributed by atoms with van der Waals surface area (Å²) in [5.74, 6) is 0.595. The van der Waals surface area contributed by atoms with E-state index < -0.39 is 5.41 Å². The maximum atomic E-state index is 12.0. The number of para-hydroxylation sites is 1. The summed E-state index contributed by atoms with van der Waals surface area (Å²) in [5, 5.41) is 0.987. The van der Waals surface area contributed by atoms with Crippen molar-refractivity contribution in [3.63, 3.8) is 0 Å². The van der Waals surface area contributed by atoms with Crippen molar-refractivity contribution in [1.82, 2.24) is 4.98 Å². The van der Waals surface area contributed by atoms with Crippen LogP contribution in [0.4, 0.5) is 0 Å². The van der Waals surface area contributed by atoms with E-state index in [-0.39, 0.29) is 11.3 Å². The number of rotatable bonds is 2. The van der Waals surface area contributed by atoms with Gasteiger partial charge in [-0.05, 0) is 12.1 Å². The number of fused-ring (bicyclic) bond motifs is 1. The van der Waals surface area contributed by atoms with E-state index in [4.69, 9.17) is 4.42 Å². The molecule has 0 bridgehead atoms. The average molecular weight is 327 g/mol. The molecule has 2 heterocycles. The number of furan rings is 1. The monoisotopic (exact) mass is 327 g/mol. The molecule has 1 N–H and O–H groups in total. The summed E-state index contributed by atoms with van der Waals surface area (Å²) in [6, 6.07) is 9.56. The molecule has 2 aromatic heterocycles. The third-order valence-electron chi connectivity index (χ3n) is 3.40. The van der Waals surface area contributed by atoms with Crippen LogP contribution >= 0.6 is 11.3 Å². The van der Waals surface area contributed by atoms with E-state index in [2.05, 4.69) is 4.98 Å². The molecule has 0 fully saturated rings. The summed E-state index contributed by atoms with van der Waals surface area (Å²) in [5.41, 5.74) is 0.0913. The van der Waals surface area contributed by atoms with Gasteiger partial charge >= 0.3 is 0 Å². The van der Waals surface area contributed by atoms with Crippen LogP contribution in [0.1, 0.15) is 26.5 Å². The molecule has 0 atom stereocenters. The Balaban J connectivity index is 2.05. The van der Waals surface area contributed by atoms with Gasteiger partial charge < -0.3 is 9.40 Å². The third kappa shape index (κ3) is 3.35. The van der Waals surface area contributed by atoms with Crippen molar-refractivity contribution in [2.24, 2.45) is 5.41 Å². The predicted molar refractivity (Wildman–Crippen MR) is 92.9 cm³/mol. The van der Waals surface area contributed by atoms with Crippen molar-refractivity contribution in [3.8, 4) is 0 Å². The fraction of sp³-hybridized carbons (Fsp3) is 0.222. The Labute approximate surface area is 136 Å². The molecule has 0 unspecified atom stereocenters. The van der Waals surface area contributed by atoms with E-state index in [0.29, 0.717) is 15.0 Å². The van der Waals surface area contributed by atoms with Crippen molar-refractivity contribution in [3.05, 3.63) is 55.6 Å². The molecule has 3 aromatic rings. The molecule has 0 amide bonds. The van der Waals surface area contributed by atoms with E-state index >= 15 is 0 Å². The molecule has 118 valence electrons. The van der Waals surface area contributed by atoms with Crippen LogP contribution in [-0.2, 0) is 4.79 Å². The maximum absolute atomic E-state index is 12.0. The summed E-state index contributed by atoms with van der Waals surface area (Å²) in [7, 11) is 0. The van der Waals surface area contributed by atoms with Crippen LogP contribution < -0.4 is 14.8 Å². The van der Waals surface area contributed by atoms with Gasteiger partial charge in [0, 0.05) is 23.0 Å². The molecular weight excluding hydrogens is 310 g/mol. The van der Waals surface area contributed by atoms with Crippen molar-refractivity contribution < 1.29 is 9.21 Å². The minimum atomic E-state index is -0.469. The second-order valence-electron chi connectivity index (χ2n) is 6.37. The average Bonchev–Trinajstić information content (AvgIpc) is 3.01. The van der Waals surface area contributed by atoms with Gasteiger partial charge in [-0.3, -0.25) is 9.59 Å². The number of hydrogen-bond acceptors (Lipinski definition) is 4. The van der Waals surface area contributed by atoms with Crippen LogP contribution in [0.25, 0.3) is 23.1 Å². The van der Waals surface area contributed by atoms with Crippen LogP contribution in [0.5, 0.6) is 0 Å². The largest absolute Gasteiger partial charge is 0.457 e. The van der Waals surface area contributed by atoms with E-state index in [1.165, 1.54) is 17.4 Å². The minimum Gasteiger partial charge on any atom is -0.457 e. The molecule has 0 aliphatic heterocycles. The second kappa shape index (κ2) is 5.66. The molecule has 0 spiro atoms. The Bertz CT molecular complexity index is 1010. The third-order valence-corrected chi connectivity index (χ3v) is 4.36. The highest BCUT2D eigenvalue weighted by Gasteiger charge is 2.18. The zero-order valence-corrected chi connectivity index (χ0v) is 14.0. The van der Waals surface area contributed by atoms with Crippen molar-refractivity contribution in [1.29, 1.82) is 0 Å². The molecule has 0 saturated heterocycles. The number of hydrogen-bond donors (Lipinski definition) is 1. The summed E-state index contributed by atoms with van der Waals surface area (Å²) < 4.78 is 6.76. The minimum absolute atomic E-state index is 0.0229. The van der Waals surface area contributed by atoms with Crippen molar-refractivity contribution in [2.75, 3.05) is 0 Å². The van der Waals surface area contributed by atoms with Crippen LogP contribution in [0.3, 0.4) is 0 Å². The zero-order valence-electron chi connectivity index (χ0n) is 13.2. The first-order chi connectivity index (χ1) is 10.8. The Kier molecular flexibility index (Phi) is 3.82. The topological polar surface area (TPSA) is 63.1 Å². The van der Waals surface area contributed by atoms with Gasteiger partial charge in [0.25, 0.3) is 5.56 Å². The van der Waals surface area contributed by atoms with Gasteiger partial charge in [0.05, 0.1) is 9.20 Å². The first kappa shape index (κ1) is 15.5. The molecule has 4 nitrogen and oxygen atoms in total. The molecule has 0 aliphatic carbocycles. The maximum Gasteiger partial charge on any atom is 0.266 e. The standard InChI is InChI=1S/C18H17NO3S/c1-18(2,3)15(20)10-16-19-17(21)14(23-16)9-12-8-11-6-4-5-7-13(11)22-12/h4-10H,1-3H3,(H,19,21)/b14-9-,16-10+. The number of carbonyl (C=O) groups is 1. The number of ketones is 1. The smallest absolute Gasteiger partial charge is 0.266 e. The number of carbonyl (C=O) groups excluding carboxylic acids is 1. The lowest BCUT2D eigenvalue weighted by Gasteiger charge is -2.12. The first-order valence-electron chi connectivity index (χ1n) is 7.28. The molecule has 0 aliphatic rings. The van der Waals surface area contributed by atoms with E-state index in [1.807, 2.05) is 51.1 Å². The molecule has 1 aromatic carbocycles. The fourth-order valence-electron chi connectivity index (χ4n) is 2.06. The highest BCUT2D eigenvalue weighted by molar-refractivity contribution is 7.07. The van der Waals surface area contributed by atoms with Crippen LogP contribution in [0.15, 0.2) is 39.5 Å². The van der Waals surface area contributed by atoms with E-state index in [9.17, 15) is 9.59 Å². The fourth-order valence-corrected chi connectivity index (χ4v) is 2.93. The van der Waals surface area contributed by atoms with Gasteiger partial charge in [0.2, 0.25) is 0 Å². The van der Waals surface area contributed by atoms with Crippen molar-refractivity contribution in [2.45, 2.75) is 20.8 Å². The highest BCUT2D eigenvalue weighted by atomic mass is 32.1. The predicted octanol–water partition coefficient (Wildman–Crippen LogP) is 2.41. The number of Topliss-reactive ketones (excluding diaryl/α,β-unsaturated/α-hetero) is 1. The Hall–Kier alpha value is -2.40. The van der Waals surface area contributed by atoms with Gasteiger partial charge in [-0.1, -0.05) is 39.0 Å². The van der Waals surface area contributed by atoms with Gasteiger partial charge in [0.1, 0.15) is 11.3 Å². The Morgan fingerprint density at radius 3 is 2.70 bits per heavy atom. The van der Waals surface area contributed by atoms with Gasteiger partial charge in [-0.2, -0.15) is 0 Å². The lowest BCUT2D eigenvalue weighted by atomic mass is 9.91. The summed E-state index contributed by atoms with van der Waals surface area (Å²) >= 11 is 1.25. The quantitative estimate of drug-likeness (QED) is 0.786. The number of benzene rings is 1. The van der Waals surface area contributed by atoms with Crippen molar-refractivity contribution >= 4 is 40.2 Å². The lowest BCUT2D eigenvalue weighted by molar-refractivity contribution is -0.119. The second-order valence-corrected chi connectivity index (χ2v) is 7.46. The first-order valence-corrected chi connectivity index (χ1v) is 8.10. The zero-order chi connectivity index (χ0) is 16.6. The van der Waals surface area contributed by atoms with Gasteiger partial charge in [0.15, 0.2) is 5.78 Å². The van der Waals surface area contributed by atoms with Crippen LogP contribution in [0, 0.1) is 5.41 Å². The van der Waals surface area contributed by atoms with E-state index in [0.717, 1.165) is 11.0 Å². The molecule has 3 rings (SSSR count). The van der Waals surface area contributed by atoms with Crippen LogP contribution in [-0.4, -0.2) is 10.8 Å².